The molecule has 2 rings (SSSR count). The second kappa shape index (κ2) is 3.73. The molecule has 16 heavy (non-hydrogen) atoms. The Morgan fingerprint density at radius 3 is 2.81 bits per heavy atom. The molecule has 1 aromatic heterocycles. The maximum atomic E-state index is 12.1. The van der Waals surface area contributed by atoms with Crippen LogP contribution < -0.4 is 5.32 Å². The Hall–Kier alpha value is -1.11. The van der Waals surface area contributed by atoms with Crippen LogP contribution in [0, 0.1) is 0 Å². The van der Waals surface area contributed by atoms with E-state index in [0.29, 0.717) is 6.54 Å². The number of hydrogen-bond donors (Lipinski definition) is 1. The molecule has 0 saturated carbocycles. The highest BCUT2D eigenvalue weighted by atomic mass is 19.4. The van der Waals surface area contributed by atoms with Crippen molar-refractivity contribution < 1.29 is 17.7 Å². The number of nitrogens with zero attached hydrogens (tertiary/aromatic N) is 2. The van der Waals surface area contributed by atoms with Gasteiger partial charge in [0.15, 0.2) is 5.82 Å². The molecule has 1 unspecified atom stereocenters. The average Bonchev–Trinajstić information content (AvgIpc) is 2.72. The van der Waals surface area contributed by atoms with Gasteiger partial charge in [-0.1, -0.05) is 5.16 Å². The number of rotatable bonds is 2. The lowest BCUT2D eigenvalue weighted by atomic mass is 9.90. The number of aromatic nitrogens is 2. The molecule has 1 fully saturated rings. The number of halogens is 3. The molecule has 0 bridgehead atoms. The van der Waals surface area contributed by atoms with E-state index < -0.39 is 12.6 Å². The Kier molecular flexibility index (Phi) is 2.65. The molecule has 4 nitrogen and oxygen atoms in total. The Labute approximate surface area is 90.2 Å². The van der Waals surface area contributed by atoms with Crippen molar-refractivity contribution in [1.29, 1.82) is 0 Å². The van der Waals surface area contributed by atoms with Gasteiger partial charge in [-0.15, -0.1) is 0 Å². The summed E-state index contributed by atoms with van der Waals surface area (Å²) in [5, 5.41) is 6.48. The minimum absolute atomic E-state index is 0.289. The van der Waals surface area contributed by atoms with Gasteiger partial charge in [0.25, 0.3) is 0 Å². The third-order valence-electron chi connectivity index (χ3n) is 2.71. The zero-order chi connectivity index (χ0) is 11.8. The normalized spacial score (nSPS) is 26.2. The summed E-state index contributed by atoms with van der Waals surface area (Å²) in [6, 6.07) is 0. The summed E-state index contributed by atoms with van der Waals surface area (Å²) in [7, 11) is 0. The largest absolute Gasteiger partial charge is 0.396 e. The van der Waals surface area contributed by atoms with Gasteiger partial charge in [0.05, 0.1) is 5.41 Å². The van der Waals surface area contributed by atoms with Crippen LogP contribution in [0.1, 0.15) is 25.1 Å². The van der Waals surface area contributed by atoms with Gasteiger partial charge in [-0.2, -0.15) is 18.2 Å². The lowest BCUT2D eigenvalue weighted by Crippen LogP contribution is -2.25. The van der Waals surface area contributed by atoms with E-state index in [2.05, 4.69) is 15.5 Å². The second-order valence-corrected chi connectivity index (χ2v) is 4.30. The van der Waals surface area contributed by atoms with Gasteiger partial charge in [-0.3, -0.25) is 0 Å². The predicted octanol–water partition coefficient (Wildman–Crippen LogP) is 1.43. The molecule has 1 aromatic rings. The molecule has 0 radical (unpaired) electrons. The minimum atomic E-state index is -4.30. The van der Waals surface area contributed by atoms with Crippen LogP contribution in [0.4, 0.5) is 13.2 Å². The molecular weight excluding hydrogens is 223 g/mol. The second-order valence-electron chi connectivity index (χ2n) is 4.30. The molecule has 0 aromatic carbocycles. The quantitative estimate of drug-likeness (QED) is 0.842. The van der Waals surface area contributed by atoms with Crippen LogP contribution in [0.5, 0.6) is 0 Å². The van der Waals surface area contributed by atoms with Crippen molar-refractivity contribution in [2.24, 2.45) is 0 Å². The van der Waals surface area contributed by atoms with Crippen LogP contribution in [0.25, 0.3) is 0 Å². The maximum Gasteiger partial charge on any atom is 0.396 e. The number of alkyl halides is 3. The van der Waals surface area contributed by atoms with Crippen LogP contribution >= 0.6 is 0 Å². The highest BCUT2D eigenvalue weighted by Crippen LogP contribution is 2.29. The first-order chi connectivity index (χ1) is 7.39. The fourth-order valence-corrected chi connectivity index (χ4v) is 1.75. The monoisotopic (exact) mass is 235 g/mol. The molecule has 1 saturated heterocycles. The van der Waals surface area contributed by atoms with Gasteiger partial charge >= 0.3 is 6.18 Å². The van der Waals surface area contributed by atoms with Crippen LogP contribution in [-0.2, 0) is 11.8 Å². The standard InChI is InChI=1S/C9H12F3N3O/c1-8(2-3-13-5-8)7-14-6(15-16-7)4-9(10,11)12/h13H,2-5H2,1H3. The van der Waals surface area contributed by atoms with Crippen molar-refractivity contribution >= 4 is 0 Å². The van der Waals surface area contributed by atoms with Crippen molar-refractivity contribution in [2.45, 2.75) is 31.4 Å². The molecule has 1 N–H and O–H groups in total. The van der Waals surface area contributed by atoms with Crippen LogP contribution in [0.2, 0.25) is 0 Å². The molecule has 0 aliphatic carbocycles. The summed E-state index contributed by atoms with van der Waals surface area (Å²) in [5.41, 5.74) is -0.336. The summed E-state index contributed by atoms with van der Waals surface area (Å²) >= 11 is 0. The summed E-state index contributed by atoms with van der Waals surface area (Å²) in [6.45, 7) is 3.37. The van der Waals surface area contributed by atoms with Crippen molar-refractivity contribution in [3.8, 4) is 0 Å². The molecule has 1 aliphatic rings. The van der Waals surface area contributed by atoms with E-state index >= 15 is 0 Å². The minimum Gasteiger partial charge on any atom is -0.339 e. The first-order valence-corrected chi connectivity index (χ1v) is 5.00. The van der Waals surface area contributed by atoms with Gasteiger partial charge in [-0.05, 0) is 19.9 Å². The average molecular weight is 235 g/mol. The highest BCUT2D eigenvalue weighted by Gasteiger charge is 2.37. The summed E-state index contributed by atoms with van der Waals surface area (Å²) in [6.07, 6.45) is -4.64. The van der Waals surface area contributed by atoms with Gasteiger partial charge in [0.1, 0.15) is 6.42 Å². The van der Waals surface area contributed by atoms with Crippen molar-refractivity contribution in [3.05, 3.63) is 11.7 Å². The van der Waals surface area contributed by atoms with Crippen molar-refractivity contribution in [3.63, 3.8) is 0 Å². The van der Waals surface area contributed by atoms with Crippen LogP contribution in [0.3, 0.4) is 0 Å². The van der Waals surface area contributed by atoms with Crippen molar-refractivity contribution in [1.82, 2.24) is 15.5 Å². The van der Waals surface area contributed by atoms with E-state index in [-0.39, 0.29) is 17.1 Å². The fourth-order valence-electron chi connectivity index (χ4n) is 1.75. The topological polar surface area (TPSA) is 51.0 Å². The molecule has 2 heterocycles. The van der Waals surface area contributed by atoms with Gasteiger partial charge < -0.3 is 9.84 Å². The predicted molar refractivity (Wildman–Crippen MR) is 48.9 cm³/mol. The van der Waals surface area contributed by atoms with E-state index in [1.807, 2.05) is 6.92 Å². The molecule has 0 amide bonds. The zero-order valence-corrected chi connectivity index (χ0v) is 8.76. The summed E-state index contributed by atoms with van der Waals surface area (Å²) in [5.74, 6) is -0.00706. The first-order valence-electron chi connectivity index (χ1n) is 5.00. The smallest absolute Gasteiger partial charge is 0.339 e. The molecule has 1 aliphatic heterocycles. The number of nitrogens with one attached hydrogen (secondary N) is 1. The molecular formula is C9H12F3N3O. The number of hydrogen-bond acceptors (Lipinski definition) is 4. The summed E-state index contributed by atoms with van der Waals surface area (Å²) in [4.78, 5) is 3.81. The van der Waals surface area contributed by atoms with E-state index in [9.17, 15) is 13.2 Å². The Morgan fingerprint density at radius 2 is 2.25 bits per heavy atom. The first kappa shape index (κ1) is 11.4. The fraction of sp³-hybridized carbons (Fsp3) is 0.778. The van der Waals surface area contributed by atoms with Gasteiger partial charge in [-0.25, -0.2) is 0 Å². The van der Waals surface area contributed by atoms with Gasteiger partial charge in [0, 0.05) is 6.54 Å². The SMILES string of the molecule is CC1(c2nc(CC(F)(F)F)no2)CCNC1. The maximum absolute atomic E-state index is 12.1. The van der Waals surface area contributed by atoms with Crippen molar-refractivity contribution in [2.75, 3.05) is 13.1 Å². The van der Waals surface area contributed by atoms with Crippen LogP contribution in [0.15, 0.2) is 4.52 Å². The van der Waals surface area contributed by atoms with E-state index in [0.717, 1.165) is 13.0 Å². The highest BCUT2D eigenvalue weighted by molar-refractivity contribution is 5.07. The summed E-state index contributed by atoms with van der Waals surface area (Å²) < 4.78 is 41.2. The molecule has 90 valence electrons. The molecule has 1 atom stereocenters. The van der Waals surface area contributed by atoms with E-state index in [1.54, 1.807) is 0 Å². The van der Waals surface area contributed by atoms with E-state index in [4.69, 9.17) is 4.52 Å². The Morgan fingerprint density at radius 1 is 1.50 bits per heavy atom. The van der Waals surface area contributed by atoms with Crippen LogP contribution in [-0.4, -0.2) is 29.4 Å². The third-order valence-corrected chi connectivity index (χ3v) is 2.71. The Bertz CT molecular complexity index is 368. The molecule has 0 spiro atoms. The lowest BCUT2D eigenvalue weighted by Gasteiger charge is -2.15. The van der Waals surface area contributed by atoms with E-state index in [1.165, 1.54) is 0 Å². The lowest BCUT2D eigenvalue weighted by molar-refractivity contribution is -0.128. The zero-order valence-electron chi connectivity index (χ0n) is 8.76. The Balaban J connectivity index is 2.13. The third kappa shape index (κ3) is 2.34. The van der Waals surface area contributed by atoms with Gasteiger partial charge in [0.2, 0.25) is 5.89 Å². The molecule has 7 heteroatoms.